The Kier molecular flexibility index (Phi) is 3.22. The van der Waals surface area contributed by atoms with Crippen LogP contribution in [0, 0.1) is 0 Å². The molecule has 1 heterocycles. The minimum atomic E-state index is -3.29. The van der Waals surface area contributed by atoms with Crippen LogP contribution in [-0.2, 0) is 18.1 Å². The maximum atomic E-state index is 11.7. The van der Waals surface area contributed by atoms with Crippen LogP contribution in [0.4, 0.5) is 0 Å². The van der Waals surface area contributed by atoms with Gasteiger partial charge in [-0.05, 0) is 12.5 Å². The first-order valence-electron chi connectivity index (χ1n) is 4.86. The van der Waals surface area contributed by atoms with Crippen molar-refractivity contribution in [3.63, 3.8) is 0 Å². The normalized spacial score (nSPS) is 30.6. The van der Waals surface area contributed by atoms with Crippen molar-refractivity contribution < 1.29 is 18.1 Å². The van der Waals surface area contributed by atoms with Gasteiger partial charge in [-0.3, -0.25) is 13.6 Å². The van der Waals surface area contributed by atoms with E-state index < -0.39 is 7.82 Å². The Hall–Kier alpha value is -0.670. The Morgan fingerprint density at radius 3 is 2.87 bits per heavy atom. The highest BCUT2D eigenvalue weighted by molar-refractivity contribution is 7.48. The van der Waals surface area contributed by atoms with Crippen molar-refractivity contribution in [1.29, 1.82) is 0 Å². The van der Waals surface area contributed by atoms with Crippen molar-refractivity contribution in [3.8, 4) is 0 Å². The molecule has 1 aliphatic heterocycles. The van der Waals surface area contributed by atoms with Gasteiger partial charge in [-0.1, -0.05) is 30.3 Å². The van der Waals surface area contributed by atoms with E-state index in [-0.39, 0.29) is 12.7 Å². The monoisotopic (exact) mass is 228 g/mol. The van der Waals surface area contributed by atoms with Gasteiger partial charge >= 0.3 is 7.82 Å². The molecule has 1 saturated heterocycles. The Morgan fingerprint density at radius 1 is 1.47 bits per heavy atom. The van der Waals surface area contributed by atoms with Gasteiger partial charge in [-0.2, -0.15) is 0 Å². The lowest BCUT2D eigenvalue weighted by atomic mass is 10.1. The summed E-state index contributed by atoms with van der Waals surface area (Å²) in [5.74, 6) is 0. The second-order valence-corrected chi connectivity index (χ2v) is 4.79. The lowest BCUT2D eigenvalue weighted by Gasteiger charge is -2.10. The molecule has 0 bridgehead atoms. The van der Waals surface area contributed by atoms with Crippen LogP contribution < -0.4 is 0 Å². The van der Waals surface area contributed by atoms with E-state index in [4.69, 9.17) is 13.6 Å². The molecule has 0 aliphatic carbocycles. The van der Waals surface area contributed by atoms with Crippen molar-refractivity contribution in [1.82, 2.24) is 0 Å². The molecule has 1 fully saturated rings. The molecule has 82 valence electrons. The van der Waals surface area contributed by atoms with Gasteiger partial charge in [0.2, 0.25) is 0 Å². The van der Waals surface area contributed by atoms with Crippen molar-refractivity contribution in [2.75, 3.05) is 13.2 Å². The smallest absolute Gasteiger partial charge is 0.287 e. The van der Waals surface area contributed by atoms with Crippen LogP contribution >= 0.6 is 7.82 Å². The van der Waals surface area contributed by atoms with E-state index in [1.165, 1.54) is 0 Å². The van der Waals surface area contributed by atoms with Gasteiger partial charge in [0.05, 0.1) is 13.2 Å². The number of phosphoric ester groups is 1. The van der Waals surface area contributed by atoms with E-state index in [0.717, 1.165) is 5.56 Å². The second-order valence-electron chi connectivity index (χ2n) is 3.17. The van der Waals surface area contributed by atoms with Crippen molar-refractivity contribution in [2.45, 2.75) is 13.0 Å². The average Bonchev–Trinajstić information content (AvgIpc) is 2.63. The van der Waals surface area contributed by atoms with Gasteiger partial charge in [-0.25, -0.2) is 4.57 Å². The van der Waals surface area contributed by atoms with Gasteiger partial charge in [0.1, 0.15) is 6.10 Å². The second kappa shape index (κ2) is 4.45. The first-order chi connectivity index (χ1) is 7.23. The standard InChI is InChI=1S/C10H13O4P/c1-2-12-15(11)13-8-10(14-15)9-6-4-3-5-7-9/h3-7,10H,2,8H2,1H3. The quantitative estimate of drug-likeness (QED) is 0.746. The minimum absolute atomic E-state index is 0.279. The predicted octanol–water partition coefficient (Wildman–Crippen LogP) is 2.92. The van der Waals surface area contributed by atoms with Gasteiger partial charge < -0.3 is 0 Å². The van der Waals surface area contributed by atoms with Crippen LogP contribution in [0.25, 0.3) is 0 Å². The Labute approximate surface area is 88.8 Å². The molecule has 2 unspecified atom stereocenters. The number of hydrogen-bond donors (Lipinski definition) is 0. The third-order valence-electron chi connectivity index (χ3n) is 2.10. The molecule has 0 N–H and O–H groups in total. The third kappa shape index (κ3) is 2.47. The number of hydrogen-bond acceptors (Lipinski definition) is 4. The molecular weight excluding hydrogens is 215 g/mol. The Balaban J connectivity index is 2.08. The number of benzene rings is 1. The van der Waals surface area contributed by atoms with Crippen LogP contribution in [0.3, 0.4) is 0 Å². The fourth-order valence-electron chi connectivity index (χ4n) is 1.43. The summed E-state index contributed by atoms with van der Waals surface area (Å²) in [7, 11) is -3.29. The van der Waals surface area contributed by atoms with E-state index >= 15 is 0 Å². The summed E-state index contributed by atoms with van der Waals surface area (Å²) < 4.78 is 27.0. The average molecular weight is 228 g/mol. The molecular formula is C10H13O4P. The number of rotatable bonds is 3. The lowest BCUT2D eigenvalue weighted by molar-refractivity contribution is 0.180. The molecule has 15 heavy (non-hydrogen) atoms. The minimum Gasteiger partial charge on any atom is -0.287 e. The molecule has 2 rings (SSSR count). The summed E-state index contributed by atoms with van der Waals surface area (Å²) in [4.78, 5) is 0. The van der Waals surface area contributed by atoms with E-state index in [2.05, 4.69) is 0 Å². The summed E-state index contributed by atoms with van der Waals surface area (Å²) in [5, 5.41) is 0. The Bertz CT molecular complexity index is 365. The van der Waals surface area contributed by atoms with Crippen molar-refractivity contribution in [2.24, 2.45) is 0 Å². The summed E-state index contributed by atoms with van der Waals surface area (Å²) in [6.45, 7) is 2.35. The molecule has 0 saturated carbocycles. The third-order valence-corrected chi connectivity index (χ3v) is 3.65. The molecule has 5 heteroatoms. The molecule has 0 aromatic heterocycles. The van der Waals surface area contributed by atoms with Gasteiger partial charge in [0.15, 0.2) is 0 Å². The van der Waals surface area contributed by atoms with Gasteiger partial charge in [0.25, 0.3) is 0 Å². The topological polar surface area (TPSA) is 44.8 Å². The molecule has 1 aliphatic rings. The van der Waals surface area contributed by atoms with E-state index in [9.17, 15) is 4.57 Å². The molecule has 1 aromatic rings. The van der Waals surface area contributed by atoms with Crippen LogP contribution in [0.15, 0.2) is 30.3 Å². The fourth-order valence-corrected chi connectivity index (χ4v) is 2.75. The lowest BCUT2D eigenvalue weighted by Crippen LogP contribution is -1.98. The van der Waals surface area contributed by atoms with E-state index in [0.29, 0.717) is 6.61 Å². The summed E-state index contributed by atoms with van der Waals surface area (Å²) in [5.41, 5.74) is 0.954. The Morgan fingerprint density at radius 2 is 2.20 bits per heavy atom. The zero-order valence-corrected chi connectivity index (χ0v) is 9.35. The molecule has 0 amide bonds. The predicted molar refractivity (Wildman–Crippen MR) is 55.5 cm³/mol. The molecule has 1 aromatic carbocycles. The summed E-state index contributed by atoms with van der Waals surface area (Å²) >= 11 is 0. The van der Waals surface area contributed by atoms with Crippen LogP contribution in [0.5, 0.6) is 0 Å². The van der Waals surface area contributed by atoms with Gasteiger partial charge in [-0.15, -0.1) is 0 Å². The highest BCUT2D eigenvalue weighted by Gasteiger charge is 2.38. The fraction of sp³-hybridized carbons (Fsp3) is 0.400. The van der Waals surface area contributed by atoms with Crippen LogP contribution in [-0.4, -0.2) is 13.2 Å². The molecule has 4 nitrogen and oxygen atoms in total. The van der Waals surface area contributed by atoms with Crippen molar-refractivity contribution >= 4 is 7.82 Å². The van der Waals surface area contributed by atoms with E-state index in [1.54, 1.807) is 6.92 Å². The molecule has 0 radical (unpaired) electrons. The highest BCUT2D eigenvalue weighted by atomic mass is 31.2. The van der Waals surface area contributed by atoms with Crippen molar-refractivity contribution in [3.05, 3.63) is 35.9 Å². The zero-order chi connectivity index (χ0) is 10.7. The van der Waals surface area contributed by atoms with Gasteiger partial charge in [0, 0.05) is 0 Å². The first-order valence-corrected chi connectivity index (χ1v) is 6.32. The summed E-state index contributed by atoms with van der Waals surface area (Å²) in [6, 6.07) is 9.55. The highest BCUT2D eigenvalue weighted by Crippen LogP contribution is 2.58. The number of phosphoric acid groups is 1. The maximum absolute atomic E-state index is 11.7. The zero-order valence-electron chi connectivity index (χ0n) is 8.46. The molecule has 0 spiro atoms. The maximum Gasteiger partial charge on any atom is 0.475 e. The van der Waals surface area contributed by atoms with Crippen LogP contribution in [0.1, 0.15) is 18.6 Å². The van der Waals surface area contributed by atoms with E-state index in [1.807, 2.05) is 30.3 Å². The molecule has 2 atom stereocenters. The SMILES string of the molecule is CCOP1(=O)OCC(c2ccccc2)O1. The van der Waals surface area contributed by atoms with Crippen LogP contribution in [0.2, 0.25) is 0 Å². The summed E-state index contributed by atoms with van der Waals surface area (Å²) in [6.07, 6.45) is -0.288. The largest absolute Gasteiger partial charge is 0.475 e. The first kappa shape index (κ1) is 10.8.